The molecule has 0 radical (unpaired) electrons. The van der Waals surface area contributed by atoms with Crippen LogP contribution in [0.2, 0.25) is 0 Å². The molecular formula is C25H27N5O2. The van der Waals surface area contributed by atoms with Crippen LogP contribution in [0.4, 0.5) is 0 Å². The minimum atomic E-state index is 0.0610. The van der Waals surface area contributed by atoms with Crippen molar-refractivity contribution in [1.82, 2.24) is 24.2 Å². The highest BCUT2D eigenvalue weighted by atomic mass is 16.5. The number of aromatic nitrogens is 4. The molecule has 0 aliphatic carbocycles. The number of piperidine rings is 1. The Kier molecular flexibility index (Phi) is 4.62. The molecule has 2 aliphatic rings. The van der Waals surface area contributed by atoms with Gasteiger partial charge in [-0.25, -0.2) is 0 Å². The minimum absolute atomic E-state index is 0.0610. The largest absolute Gasteiger partial charge is 0.378 e. The predicted molar refractivity (Wildman–Crippen MR) is 125 cm³/mol. The van der Waals surface area contributed by atoms with Gasteiger partial charge in [-0.05, 0) is 55.0 Å². The number of hydrogen-bond acceptors (Lipinski definition) is 5. The van der Waals surface area contributed by atoms with E-state index in [1.165, 1.54) is 0 Å². The van der Waals surface area contributed by atoms with Gasteiger partial charge in [-0.15, -0.1) is 0 Å². The van der Waals surface area contributed by atoms with Gasteiger partial charge in [0.2, 0.25) is 0 Å². The van der Waals surface area contributed by atoms with Crippen molar-refractivity contribution in [3.05, 3.63) is 58.8 Å². The lowest BCUT2D eigenvalue weighted by molar-refractivity contribution is -0.0731. The van der Waals surface area contributed by atoms with Crippen LogP contribution in [-0.4, -0.2) is 56.6 Å². The number of rotatable bonds is 3. The highest BCUT2D eigenvalue weighted by Crippen LogP contribution is 2.28. The summed E-state index contributed by atoms with van der Waals surface area (Å²) in [6.07, 6.45) is 7.73. The van der Waals surface area contributed by atoms with Crippen LogP contribution in [0.5, 0.6) is 0 Å². The van der Waals surface area contributed by atoms with Crippen molar-refractivity contribution in [2.45, 2.75) is 31.8 Å². The van der Waals surface area contributed by atoms with Gasteiger partial charge in [0.15, 0.2) is 0 Å². The zero-order valence-corrected chi connectivity index (χ0v) is 18.5. The molecule has 3 aromatic heterocycles. The normalized spacial score (nSPS) is 18.4. The lowest BCUT2D eigenvalue weighted by atomic mass is 10.0. The smallest absolute Gasteiger partial charge is 0.260 e. The van der Waals surface area contributed by atoms with E-state index >= 15 is 0 Å². The lowest BCUT2D eigenvalue weighted by Gasteiger charge is -2.41. The molecule has 1 aromatic carbocycles. The highest BCUT2D eigenvalue weighted by Gasteiger charge is 2.30. The molecule has 0 unspecified atom stereocenters. The first-order chi connectivity index (χ1) is 15.6. The molecule has 5 heterocycles. The third kappa shape index (κ3) is 3.24. The summed E-state index contributed by atoms with van der Waals surface area (Å²) in [5, 5.41) is 7.25. The summed E-state index contributed by atoms with van der Waals surface area (Å²) < 4.78 is 9.09. The molecule has 2 saturated heterocycles. The van der Waals surface area contributed by atoms with E-state index in [4.69, 9.17) is 4.74 Å². The first-order valence-corrected chi connectivity index (χ1v) is 11.3. The molecule has 0 atom stereocenters. The standard InChI is InChI=1S/C25H27N5O2/c1-16-9-18(10-19-13-28(2)27-24(16)19)23-11-17-3-8-30(25(31)22(17)12-26-23)20-4-6-29(7-5-20)21-14-32-15-21/h3,8-13,20-21H,4-7,14-15H2,1-2H3. The Morgan fingerprint density at radius 1 is 1.06 bits per heavy atom. The van der Waals surface area contributed by atoms with Crippen molar-refractivity contribution in [2.75, 3.05) is 26.3 Å². The quantitative estimate of drug-likeness (QED) is 0.500. The van der Waals surface area contributed by atoms with Crippen molar-refractivity contribution in [2.24, 2.45) is 7.05 Å². The Bertz CT molecular complexity index is 1380. The molecule has 0 amide bonds. The second-order valence-corrected chi connectivity index (χ2v) is 9.18. The average Bonchev–Trinajstić information content (AvgIpc) is 3.14. The van der Waals surface area contributed by atoms with Crippen molar-refractivity contribution in [1.29, 1.82) is 0 Å². The van der Waals surface area contributed by atoms with Gasteiger partial charge < -0.3 is 9.30 Å². The minimum Gasteiger partial charge on any atom is -0.378 e. The molecule has 7 nitrogen and oxygen atoms in total. The monoisotopic (exact) mass is 429 g/mol. The van der Waals surface area contributed by atoms with Gasteiger partial charge in [-0.2, -0.15) is 5.10 Å². The molecule has 4 aromatic rings. The lowest BCUT2D eigenvalue weighted by Crippen LogP contribution is -2.52. The fraction of sp³-hybridized carbons (Fsp3) is 0.400. The van der Waals surface area contributed by atoms with Gasteiger partial charge >= 0.3 is 0 Å². The molecule has 0 spiro atoms. The van der Waals surface area contributed by atoms with Crippen LogP contribution < -0.4 is 5.56 Å². The summed E-state index contributed by atoms with van der Waals surface area (Å²) in [6.45, 7) is 5.82. The molecule has 7 heteroatoms. The zero-order valence-electron chi connectivity index (χ0n) is 18.5. The zero-order chi connectivity index (χ0) is 21.8. The Balaban J connectivity index is 1.31. The van der Waals surface area contributed by atoms with Crippen molar-refractivity contribution in [3.8, 4) is 11.3 Å². The van der Waals surface area contributed by atoms with Crippen LogP contribution >= 0.6 is 0 Å². The number of aryl methyl sites for hydroxylation is 2. The summed E-state index contributed by atoms with van der Waals surface area (Å²) in [5.41, 5.74) is 4.11. The number of ether oxygens (including phenoxy) is 1. The number of hydrogen-bond donors (Lipinski definition) is 0. The Morgan fingerprint density at radius 2 is 1.88 bits per heavy atom. The predicted octanol–water partition coefficient (Wildman–Crippen LogP) is 3.29. The van der Waals surface area contributed by atoms with Crippen LogP contribution in [0.1, 0.15) is 24.4 Å². The van der Waals surface area contributed by atoms with Gasteiger partial charge in [0.05, 0.1) is 35.9 Å². The SMILES string of the molecule is Cc1cc(-c2cc3ccn(C4CCN(C5COC5)CC4)c(=O)c3cn2)cc2cn(C)nc12. The summed E-state index contributed by atoms with van der Waals surface area (Å²) in [5.74, 6) is 0. The first-order valence-electron chi connectivity index (χ1n) is 11.3. The van der Waals surface area contributed by atoms with Gasteiger partial charge in [0.1, 0.15) is 0 Å². The molecular weight excluding hydrogens is 402 g/mol. The van der Waals surface area contributed by atoms with Crippen LogP contribution in [-0.2, 0) is 11.8 Å². The summed E-state index contributed by atoms with van der Waals surface area (Å²) >= 11 is 0. The van der Waals surface area contributed by atoms with E-state index in [0.29, 0.717) is 11.4 Å². The highest BCUT2D eigenvalue weighted by molar-refractivity contribution is 5.89. The second-order valence-electron chi connectivity index (χ2n) is 9.18. The fourth-order valence-electron chi connectivity index (χ4n) is 5.14. The van der Waals surface area contributed by atoms with E-state index in [9.17, 15) is 4.79 Å². The van der Waals surface area contributed by atoms with E-state index in [-0.39, 0.29) is 11.6 Å². The molecule has 32 heavy (non-hydrogen) atoms. The van der Waals surface area contributed by atoms with E-state index < -0.39 is 0 Å². The van der Waals surface area contributed by atoms with Gasteiger partial charge in [-0.3, -0.25) is 19.4 Å². The second kappa shape index (κ2) is 7.53. The third-order valence-corrected chi connectivity index (χ3v) is 7.05. The van der Waals surface area contributed by atoms with Gasteiger partial charge in [0, 0.05) is 55.7 Å². The van der Waals surface area contributed by atoms with E-state index in [2.05, 4.69) is 40.1 Å². The fourth-order valence-corrected chi connectivity index (χ4v) is 5.14. The number of nitrogens with zero attached hydrogens (tertiary/aromatic N) is 5. The summed E-state index contributed by atoms with van der Waals surface area (Å²) in [7, 11) is 1.93. The van der Waals surface area contributed by atoms with Crippen molar-refractivity contribution in [3.63, 3.8) is 0 Å². The van der Waals surface area contributed by atoms with Gasteiger partial charge in [0.25, 0.3) is 5.56 Å². The molecule has 2 aliphatic heterocycles. The van der Waals surface area contributed by atoms with Gasteiger partial charge in [-0.1, -0.05) is 0 Å². The summed E-state index contributed by atoms with van der Waals surface area (Å²) in [6, 6.07) is 9.14. The topological polar surface area (TPSA) is 65.2 Å². The van der Waals surface area contributed by atoms with Crippen LogP contribution in [0.3, 0.4) is 0 Å². The maximum atomic E-state index is 13.3. The molecule has 0 bridgehead atoms. The Hall–Kier alpha value is -3.03. The maximum Gasteiger partial charge on any atom is 0.260 e. The average molecular weight is 430 g/mol. The summed E-state index contributed by atoms with van der Waals surface area (Å²) in [4.78, 5) is 20.4. The number of pyridine rings is 2. The first kappa shape index (κ1) is 19.6. The Morgan fingerprint density at radius 3 is 2.62 bits per heavy atom. The Labute approximate surface area is 186 Å². The van der Waals surface area contributed by atoms with Crippen molar-refractivity contribution < 1.29 is 4.74 Å². The van der Waals surface area contributed by atoms with Crippen LogP contribution in [0.15, 0.2) is 47.7 Å². The van der Waals surface area contributed by atoms with E-state index in [1.807, 2.05) is 34.8 Å². The van der Waals surface area contributed by atoms with Crippen LogP contribution in [0.25, 0.3) is 32.9 Å². The van der Waals surface area contributed by atoms with E-state index in [0.717, 1.165) is 72.3 Å². The van der Waals surface area contributed by atoms with Crippen molar-refractivity contribution >= 4 is 21.7 Å². The molecule has 2 fully saturated rings. The molecule has 164 valence electrons. The number of fused-ring (bicyclic) bond motifs is 2. The number of benzene rings is 1. The van der Waals surface area contributed by atoms with Crippen LogP contribution in [0, 0.1) is 6.92 Å². The third-order valence-electron chi connectivity index (χ3n) is 7.05. The van der Waals surface area contributed by atoms with E-state index in [1.54, 1.807) is 6.20 Å². The maximum absolute atomic E-state index is 13.3. The molecule has 6 rings (SSSR count). The molecule has 0 N–H and O–H groups in total. The number of likely N-dealkylation sites (tertiary alicyclic amines) is 1. The molecule has 0 saturated carbocycles.